The first-order valence-corrected chi connectivity index (χ1v) is 10.4. The van der Waals surface area contributed by atoms with Crippen molar-refractivity contribution >= 4 is 5.78 Å². The van der Waals surface area contributed by atoms with Crippen LogP contribution in [0, 0.1) is 5.92 Å². The van der Waals surface area contributed by atoms with Crippen molar-refractivity contribution in [2.24, 2.45) is 5.92 Å². The second kappa shape index (κ2) is 14.7. The molecule has 0 aromatic heterocycles. The zero-order valence-corrected chi connectivity index (χ0v) is 16.6. The van der Waals surface area contributed by atoms with Gasteiger partial charge in [0.2, 0.25) is 0 Å². The molecule has 0 spiro atoms. The number of rotatable bonds is 17. The molecule has 0 amide bonds. The van der Waals surface area contributed by atoms with E-state index in [-0.39, 0.29) is 11.7 Å². The van der Waals surface area contributed by atoms with Crippen molar-refractivity contribution in [2.45, 2.75) is 116 Å². The molecule has 0 aromatic rings. The van der Waals surface area contributed by atoms with Crippen LogP contribution >= 0.6 is 0 Å². The third-order valence-corrected chi connectivity index (χ3v) is 5.29. The standard InChI is InChI=1S/C22H42O2/c1-5-8-10-12-14-16-18-20(22(4,24)21(23)7-3)19-17-15-13-11-9-6-2/h7,20,24H,3,5-6,8-19H2,1-2,4H3. The van der Waals surface area contributed by atoms with Gasteiger partial charge in [0.1, 0.15) is 5.60 Å². The van der Waals surface area contributed by atoms with Gasteiger partial charge in [0.25, 0.3) is 0 Å². The molecule has 0 aromatic carbocycles. The molecule has 0 radical (unpaired) electrons. The maximum atomic E-state index is 12.1. The quantitative estimate of drug-likeness (QED) is 0.239. The molecule has 2 nitrogen and oxygen atoms in total. The Morgan fingerprint density at radius 3 is 1.62 bits per heavy atom. The summed E-state index contributed by atoms with van der Waals surface area (Å²) in [4.78, 5) is 12.1. The summed E-state index contributed by atoms with van der Waals surface area (Å²) in [5, 5.41) is 10.7. The number of ketones is 1. The molecule has 0 fully saturated rings. The second-order valence-corrected chi connectivity index (χ2v) is 7.53. The maximum absolute atomic E-state index is 12.1. The molecule has 1 unspecified atom stereocenters. The van der Waals surface area contributed by atoms with Crippen molar-refractivity contribution in [2.75, 3.05) is 0 Å². The van der Waals surface area contributed by atoms with Gasteiger partial charge in [0.05, 0.1) is 0 Å². The summed E-state index contributed by atoms with van der Waals surface area (Å²) in [6, 6.07) is 0. The van der Waals surface area contributed by atoms with Crippen LogP contribution < -0.4 is 0 Å². The Kier molecular flexibility index (Phi) is 14.3. The van der Waals surface area contributed by atoms with Gasteiger partial charge < -0.3 is 5.11 Å². The minimum absolute atomic E-state index is 0.0698. The highest BCUT2D eigenvalue weighted by atomic mass is 16.3. The van der Waals surface area contributed by atoms with E-state index < -0.39 is 5.60 Å². The van der Waals surface area contributed by atoms with Crippen molar-refractivity contribution in [1.82, 2.24) is 0 Å². The molecule has 0 saturated carbocycles. The average molecular weight is 339 g/mol. The van der Waals surface area contributed by atoms with Gasteiger partial charge in [-0.05, 0) is 31.8 Å². The Balaban J connectivity index is 4.29. The van der Waals surface area contributed by atoms with Crippen LogP contribution in [0.25, 0.3) is 0 Å². The van der Waals surface area contributed by atoms with Crippen molar-refractivity contribution in [1.29, 1.82) is 0 Å². The molecule has 0 heterocycles. The number of hydrogen-bond donors (Lipinski definition) is 1. The molecule has 2 heteroatoms. The Bertz CT molecular complexity index is 304. The van der Waals surface area contributed by atoms with E-state index in [1.54, 1.807) is 6.92 Å². The topological polar surface area (TPSA) is 37.3 Å². The molecule has 0 aliphatic carbocycles. The average Bonchev–Trinajstić information content (AvgIpc) is 2.57. The fraction of sp³-hybridized carbons (Fsp3) is 0.864. The minimum atomic E-state index is -1.24. The normalized spacial score (nSPS) is 13.9. The van der Waals surface area contributed by atoms with Crippen LogP contribution in [0.15, 0.2) is 12.7 Å². The van der Waals surface area contributed by atoms with Crippen molar-refractivity contribution in [3.63, 3.8) is 0 Å². The Hall–Kier alpha value is -0.630. The smallest absolute Gasteiger partial charge is 0.186 e. The molecule has 1 atom stereocenters. The number of aliphatic hydroxyl groups is 1. The Morgan fingerprint density at radius 2 is 1.25 bits per heavy atom. The molecular weight excluding hydrogens is 296 g/mol. The van der Waals surface area contributed by atoms with Gasteiger partial charge >= 0.3 is 0 Å². The van der Waals surface area contributed by atoms with Gasteiger partial charge in [0.15, 0.2) is 5.78 Å². The predicted molar refractivity (Wildman–Crippen MR) is 105 cm³/mol. The highest BCUT2D eigenvalue weighted by Crippen LogP contribution is 2.30. The molecule has 0 aliphatic rings. The lowest BCUT2D eigenvalue weighted by Gasteiger charge is -2.31. The van der Waals surface area contributed by atoms with Crippen LogP contribution in [-0.2, 0) is 4.79 Å². The molecule has 0 bridgehead atoms. The lowest BCUT2D eigenvalue weighted by atomic mass is 9.78. The molecule has 142 valence electrons. The second-order valence-electron chi connectivity index (χ2n) is 7.53. The van der Waals surface area contributed by atoms with E-state index in [1.807, 2.05) is 0 Å². The van der Waals surface area contributed by atoms with E-state index in [9.17, 15) is 9.90 Å². The fourth-order valence-corrected chi connectivity index (χ4v) is 3.46. The summed E-state index contributed by atoms with van der Waals surface area (Å²) in [6.45, 7) is 9.71. The zero-order chi connectivity index (χ0) is 18.3. The summed E-state index contributed by atoms with van der Waals surface area (Å²) in [7, 11) is 0. The maximum Gasteiger partial charge on any atom is 0.186 e. The molecule has 24 heavy (non-hydrogen) atoms. The van der Waals surface area contributed by atoms with E-state index in [4.69, 9.17) is 0 Å². The molecule has 0 aliphatic heterocycles. The van der Waals surface area contributed by atoms with E-state index in [0.29, 0.717) is 0 Å². The largest absolute Gasteiger partial charge is 0.382 e. The molecule has 0 rings (SSSR count). The van der Waals surface area contributed by atoms with Gasteiger partial charge in [-0.1, -0.05) is 97.5 Å². The fourth-order valence-electron chi connectivity index (χ4n) is 3.46. The van der Waals surface area contributed by atoms with Crippen LogP contribution in [0.1, 0.15) is 111 Å². The third kappa shape index (κ3) is 10.3. The van der Waals surface area contributed by atoms with Gasteiger partial charge in [-0.15, -0.1) is 0 Å². The van der Waals surface area contributed by atoms with Crippen LogP contribution in [0.2, 0.25) is 0 Å². The first kappa shape index (κ1) is 23.4. The summed E-state index contributed by atoms with van der Waals surface area (Å²) < 4.78 is 0. The van der Waals surface area contributed by atoms with E-state index >= 15 is 0 Å². The first-order chi connectivity index (χ1) is 11.5. The molecule has 1 N–H and O–H groups in total. The van der Waals surface area contributed by atoms with Crippen LogP contribution in [0.5, 0.6) is 0 Å². The monoisotopic (exact) mass is 338 g/mol. The van der Waals surface area contributed by atoms with Crippen LogP contribution in [0.4, 0.5) is 0 Å². The van der Waals surface area contributed by atoms with Gasteiger partial charge in [-0.2, -0.15) is 0 Å². The summed E-state index contributed by atoms with van der Waals surface area (Å²) in [6.07, 6.45) is 18.2. The predicted octanol–water partition coefficient (Wildman–Crippen LogP) is 6.61. The summed E-state index contributed by atoms with van der Waals surface area (Å²) in [5.74, 6) is -0.148. The summed E-state index contributed by atoms with van der Waals surface area (Å²) >= 11 is 0. The lowest BCUT2D eigenvalue weighted by molar-refractivity contribution is -0.136. The molecular formula is C22H42O2. The van der Waals surface area contributed by atoms with Crippen molar-refractivity contribution < 1.29 is 9.90 Å². The summed E-state index contributed by atoms with van der Waals surface area (Å²) in [5.41, 5.74) is -1.24. The van der Waals surface area contributed by atoms with E-state index in [0.717, 1.165) is 25.7 Å². The number of carbonyl (C=O) groups excluding carboxylic acids is 1. The SMILES string of the molecule is C=CC(=O)C(C)(O)C(CCCCCCCC)CCCCCCCC. The van der Waals surface area contributed by atoms with E-state index in [2.05, 4.69) is 20.4 Å². The first-order valence-electron chi connectivity index (χ1n) is 10.4. The zero-order valence-electron chi connectivity index (χ0n) is 16.6. The van der Waals surface area contributed by atoms with E-state index in [1.165, 1.54) is 70.3 Å². The molecule has 0 saturated heterocycles. The van der Waals surface area contributed by atoms with Crippen molar-refractivity contribution in [3.8, 4) is 0 Å². The van der Waals surface area contributed by atoms with Gasteiger partial charge in [-0.25, -0.2) is 0 Å². The lowest BCUT2D eigenvalue weighted by Crippen LogP contribution is -2.42. The number of unbranched alkanes of at least 4 members (excludes halogenated alkanes) is 10. The highest BCUT2D eigenvalue weighted by molar-refractivity contribution is 5.96. The minimum Gasteiger partial charge on any atom is -0.382 e. The number of hydrogen-bond acceptors (Lipinski definition) is 2. The van der Waals surface area contributed by atoms with Crippen LogP contribution in [-0.4, -0.2) is 16.5 Å². The Morgan fingerprint density at radius 1 is 0.875 bits per heavy atom. The highest BCUT2D eigenvalue weighted by Gasteiger charge is 2.36. The Labute approximate surface area is 151 Å². The van der Waals surface area contributed by atoms with Gasteiger partial charge in [-0.3, -0.25) is 4.79 Å². The third-order valence-electron chi connectivity index (χ3n) is 5.29. The number of carbonyl (C=O) groups is 1. The van der Waals surface area contributed by atoms with Crippen molar-refractivity contribution in [3.05, 3.63) is 12.7 Å². The van der Waals surface area contributed by atoms with Gasteiger partial charge in [0, 0.05) is 0 Å². The van der Waals surface area contributed by atoms with Crippen LogP contribution in [0.3, 0.4) is 0 Å².